The Kier molecular flexibility index (Phi) is 5.72. The van der Waals surface area contributed by atoms with Gasteiger partial charge in [0.2, 0.25) is 0 Å². The van der Waals surface area contributed by atoms with Crippen molar-refractivity contribution in [2.75, 3.05) is 13.2 Å². The molecular formula is C12H22O10. The molecule has 2 aliphatic rings. The Morgan fingerprint density at radius 3 is 1.09 bits per heavy atom. The van der Waals surface area contributed by atoms with Crippen LogP contribution in [-0.2, 0) is 9.47 Å². The van der Waals surface area contributed by atoms with E-state index in [0.29, 0.717) is 0 Å². The van der Waals surface area contributed by atoms with Crippen molar-refractivity contribution >= 4 is 0 Å². The van der Waals surface area contributed by atoms with Crippen LogP contribution in [0, 0.1) is 0 Å². The minimum Gasteiger partial charge on any atom is -0.394 e. The van der Waals surface area contributed by atoms with E-state index in [0.717, 1.165) is 0 Å². The summed E-state index contributed by atoms with van der Waals surface area (Å²) in [5, 5.41) is 77.1. The number of rotatable bonds is 3. The number of aliphatic hydroxyl groups excluding tert-OH is 8. The van der Waals surface area contributed by atoms with Crippen molar-refractivity contribution in [3.8, 4) is 0 Å². The van der Waals surface area contributed by atoms with E-state index in [9.17, 15) is 30.6 Å². The summed E-state index contributed by atoms with van der Waals surface area (Å²) in [7, 11) is 0. The second-order valence-electron chi connectivity index (χ2n) is 5.59. The quantitative estimate of drug-likeness (QED) is 0.249. The van der Waals surface area contributed by atoms with Crippen LogP contribution in [0.2, 0.25) is 0 Å². The topological polar surface area (TPSA) is 180 Å². The third-order valence-corrected chi connectivity index (χ3v) is 4.18. The van der Waals surface area contributed by atoms with E-state index in [2.05, 4.69) is 0 Å². The lowest BCUT2D eigenvalue weighted by atomic mass is 9.86. The average molecular weight is 326 g/mol. The monoisotopic (exact) mass is 326 g/mol. The van der Waals surface area contributed by atoms with Crippen LogP contribution in [0.1, 0.15) is 0 Å². The molecule has 0 aliphatic carbocycles. The Balaban J connectivity index is 2.21. The fourth-order valence-corrected chi connectivity index (χ4v) is 2.80. The second kappa shape index (κ2) is 7.01. The van der Waals surface area contributed by atoms with Gasteiger partial charge in [0, 0.05) is 0 Å². The van der Waals surface area contributed by atoms with Gasteiger partial charge in [-0.1, -0.05) is 0 Å². The maximum absolute atomic E-state index is 9.99. The third kappa shape index (κ3) is 2.99. The average Bonchev–Trinajstić information content (AvgIpc) is 2.52. The molecule has 130 valence electrons. The summed E-state index contributed by atoms with van der Waals surface area (Å²) in [6, 6.07) is 0. The summed E-state index contributed by atoms with van der Waals surface area (Å²) in [4.78, 5) is 0. The molecule has 0 aromatic rings. The van der Waals surface area contributed by atoms with Crippen molar-refractivity contribution in [3.05, 3.63) is 0 Å². The summed E-state index contributed by atoms with van der Waals surface area (Å²) in [6.07, 6.45) is -15.0. The first-order chi connectivity index (χ1) is 10.3. The van der Waals surface area contributed by atoms with E-state index in [1.165, 1.54) is 0 Å². The molecule has 10 atom stereocenters. The molecule has 0 bridgehead atoms. The van der Waals surface area contributed by atoms with E-state index in [1.54, 1.807) is 0 Å². The molecule has 0 radical (unpaired) electrons. The predicted octanol–water partition coefficient (Wildman–Crippen LogP) is -5.33. The van der Waals surface area contributed by atoms with E-state index >= 15 is 0 Å². The van der Waals surface area contributed by atoms with Gasteiger partial charge in [0.1, 0.15) is 61.0 Å². The van der Waals surface area contributed by atoms with Gasteiger partial charge in [-0.3, -0.25) is 0 Å². The molecule has 0 aromatic heterocycles. The zero-order chi connectivity index (χ0) is 16.6. The Labute approximate surface area is 125 Å². The Bertz CT molecular complexity index is 330. The zero-order valence-electron chi connectivity index (χ0n) is 11.6. The first-order valence-corrected chi connectivity index (χ1v) is 6.94. The van der Waals surface area contributed by atoms with Crippen LogP contribution >= 0.6 is 0 Å². The molecular weight excluding hydrogens is 304 g/mol. The summed E-state index contributed by atoms with van der Waals surface area (Å²) < 4.78 is 10.5. The highest BCUT2D eigenvalue weighted by atomic mass is 16.6. The largest absolute Gasteiger partial charge is 0.394 e. The van der Waals surface area contributed by atoms with E-state index in [-0.39, 0.29) is 0 Å². The van der Waals surface area contributed by atoms with Gasteiger partial charge in [0.15, 0.2) is 0 Å². The summed E-state index contributed by atoms with van der Waals surface area (Å²) in [6.45, 7) is -1.31. The molecule has 2 rings (SSSR count). The fourth-order valence-electron chi connectivity index (χ4n) is 2.80. The highest BCUT2D eigenvalue weighted by Crippen LogP contribution is 2.31. The van der Waals surface area contributed by atoms with Gasteiger partial charge in [0.05, 0.1) is 13.2 Å². The first kappa shape index (κ1) is 17.9. The van der Waals surface area contributed by atoms with Crippen LogP contribution in [0.3, 0.4) is 0 Å². The number of ether oxygens (including phenoxy) is 2. The SMILES string of the molecule is OC[C@H]1OC(C2O[C@H](CO)[C@@H](O)[C@H](O)[C@H]2O)[C@H](O)[C@@H](O)[C@@H]1O. The molecule has 2 aliphatic heterocycles. The lowest BCUT2D eigenvalue weighted by Gasteiger charge is -2.48. The van der Waals surface area contributed by atoms with Crippen LogP contribution in [0.15, 0.2) is 0 Å². The van der Waals surface area contributed by atoms with Gasteiger partial charge in [-0.05, 0) is 0 Å². The standard InChI is InChI=1S/C12H22O10/c13-1-3-5(15)7(17)9(19)11(21-3)12-10(20)8(18)6(16)4(2-14)22-12/h3-20H,1-2H2/t3-,4-,5-,6-,7+,8+,9-,10-,11?,12?/m1/s1. The number of hydrogen-bond donors (Lipinski definition) is 8. The summed E-state index contributed by atoms with van der Waals surface area (Å²) in [5.74, 6) is 0. The predicted molar refractivity (Wildman–Crippen MR) is 67.5 cm³/mol. The Hall–Kier alpha value is -0.400. The van der Waals surface area contributed by atoms with E-state index in [4.69, 9.17) is 19.7 Å². The molecule has 2 fully saturated rings. The normalized spacial score (nSPS) is 53.5. The van der Waals surface area contributed by atoms with Gasteiger partial charge >= 0.3 is 0 Å². The molecule has 2 saturated heterocycles. The molecule has 0 spiro atoms. The third-order valence-electron chi connectivity index (χ3n) is 4.18. The van der Waals surface area contributed by atoms with Gasteiger partial charge in [-0.15, -0.1) is 0 Å². The van der Waals surface area contributed by atoms with Crippen molar-refractivity contribution in [1.29, 1.82) is 0 Å². The molecule has 0 amide bonds. The zero-order valence-corrected chi connectivity index (χ0v) is 11.6. The van der Waals surface area contributed by atoms with Gasteiger partial charge < -0.3 is 50.3 Å². The lowest BCUT2D eigenvalue weighted by Crippen LogP contribution is -2.68. The van der Waals surface area contributed by atoms with Gasteiger partial charge in [0.25, 0.3) is 0 Å². The van der Waals surface area contributed by atoms with Crippen molar-refractivity contribution in [1.82, 2.24) is 0 Å². The van der Waals surface area contributed by atoms with Crippen molar-refractivity contribution in [2.45, 2.75) is 61.0 Å². The van der Waals surface area contributed by atoms with E-state index in [1.807, 2.05) is 0 Å². The minimum atomic E-state index is -1.67. The van der Waals surface area contributed by atoms with Crippen LogP contribution in [0.5, 0.6) is 0 Å². The molecule has 2 heterocycles. The molecule has 10 heteroatoms. The van der Waals surface area contributed by atoms with Gasteiger partial charge in [-0.25, -0.2) is 0 Å². The van der Waals surface area contributed by atoms with Crippen LogP contribution in [-0.4, -0.2) is 115 Å². The molecule has 0 aromatic carbocycles. The fraction of sp³-hybridized carbons (Fsp3) is 1.00. The Morgan fingerprint density at radius 2 is 0.818 bits per heavy atom. The van der Waals surface area contributed by atoms with Crippen molar-refractivity contribution in [2.24, 2.45) is 0 Å². The smallest absolute Gasteiger partial charge is 0.115 e. The number of aliphatic hydroxyl groups is 8. The lowest BCUT2D eigenvalue weighted by molar-refractivity contribution is -0.302. The summed E-state index contributed by atoms with van der Waals surface area (Å²) >= 11 is 0. The van der Waals surface area contributed by atoms with Crippen LogP contribution in [0.25, 0.3) is 0 Å². The molecule has 0 saturated carbocycles. The van der Waals surface area contributed by atoms with Gasteiger partial charge in [-0.2, -0.15) is 0 Å². The molecule has 10 nitrogen and oxygen atoms in total. The van der Waals surface area contributed by atoms with E-state index < -0.39 is 74.3 Å². The summed E-state index contributed by atoms with van der Waals surface area (Å²) in [5.41, 5.74) is 0. The second-order valence-corrected chi connectivity index (χ2v) is 5.59. The van der Waals surface area contributed by atoms with Crippen LogP contribution < -0.4 is 0 Å². The first-order valence-electron chi connectivity index (χ1n) is 6.94. The van der Waals surface area contributed by atoms with Crippen LogP contribution in [0.4, 0.5) is 0 Å². The maximum atomic E-state index is 9.99. The highest BCUT2D eigenvalue weighted by Gasteiger charge is 2.53. The molecule has 22 heavy (non-hydrogen) atoms. The minimum absolute atomic E-state index is 0.654. The Morgan fingerprint density at radius 1 is 0.500 bits per heavy atom. The highest BCUT2D eigenvalue weighted by molar-refractivity contribution is 5.02. The maximum Gasteiger partial charge on any atom is 0.115 e. The van der Waals surface area contributed by atoms with Crippen molar-refractivity contribution < 1.29 is 50.3 Å². The van der Waals surface area contributed by atoms with Crippen molar-refractivity contribution in [3.63, 3.8) is 0 Å². The molecule has 2 unspecified atom stereocenters. The molecule has 8 N–H and O–H groups in total. The number of hydrogen-bond acceptors (Lipinski definition) is 10.